The predicted octanol–water partition coefficient (Wildman–Crippen LogP) is 5.06. The molecule has 156 valence electrons. The first-order valence-corrected chi connectivity index (χ1v) is 9.79. The molecule has 30 heavy (non-hydrogen) atoms. The molecule has 2 aromatic rings. The fourth-order valence-corrected chi connectivity index (χ4v) is 3.39. The van der Waals surface area contributed by atoms with E-state index in [1.54, 1.807) is 25.3 Å². The molecule has 0 saturated heterocycles. The van der Waals surface area contributed by atoms with Crippen molar-refractivity contribution >= 4 is 23.6 Å². The summed E-state index contributed by atoms with van der Waals surface area (Å²) in [6.07, 6.45) is 6.85. The lowest BCUT2D eigenvalue weighted by atomic mass is 9.82. The van der Waals surface area contributed by atoms with Crippen LogP contribution in [-0.4, -0.2) is 19.6 Å². The zero-order valence-corrected chi connectivity index (χ0v) is 17.8. The SMILES string of the molecule is COc1c(C=Cc2ccc(C(N)=O)cc2)cc(C2=CC(F)=CNC2)cc1C(C)(C)C. The van der Waals surface area contributed by atoms with E-state index in [1.807, 2.05) is 30.4 Å². The van der Waals surface area contributed by atoms with E-state index >= 15 is 0 Å². The quantitative estimate of drug-likeness (QED) is 0.682. The molecule has 2 aromatic carbocycles. The normalized spacial score (nSPS) is 14.2. The molecule has 0 aliphatic carbocycles. The van der Waals surface area contributed by atoms with Crippen molar-refractivity contribution in [1.29, 1.82) is 0 Å². The van der Waals surface area contributed by atoms with Crippen molar-refractivity contribution in [1.82, 2.24) is 5.32 Å². The lowest BCUT2D eigenvalue weighted by Gasteiger charge is -2.25. The third-order valence-electron chi connectivity index (χ3n) is 5.00. The molecule has 0 radical (unpaired) electrons. The molecule has 1 heterocycles. The van der Waals surface area contributed by atoms with Crippen LogP contribution in [0.2, 0.25) is 0 Å². The number of allylic oxidation sites excluding steroid dienone is 2. The highest BCUT2D eigenvalue weighted by Crippen LogP contribution is 2.38. The van der Waals surface area contributed by atoms with Crippen LogP contribution in [0.5, 0.6) is 5.75 Å². The van der Waals surface area contributed by atoms with E-state index in [9.17, 15) is 9.18 Å². The number of ether oxygens (including phenoxy) is 1. The lowest BCUT2D eigenvalue weighted by Crippen LogP contribution is -2.17. The molecule has 0 spiro atoms. The van der Waals surface area contributed by atoms with Gasteiger partial charge in [-0.25, -0.2) is 4.39 Å². The number of rotatable bonds is 5. The molecule has 1 aliphatic rings. The molecule has 0 fully saturated rings. The Bertz CT molecular complexity index is 1040. The highest BCUT2D eigenvalue weighted by molar-refractivity contribution is 5.93. The van der Waals surface area contributed by atoms with Crippen molar-refractivity contribution in [2.75, 3.05) is 13.7 Å². The van der Waals surface area contributed by atoms with Gasteiger partial charge in [-0.05, 0) is 52.5 Å². The fraction of sp³-hybridized carbons (Fsp3) is 0.240. The molecule has 3 N–H and O–H groups in total. The van der Waals surface area contributed by atoms with Gasteiger partial charge >= 0.3 is 0 Å². The maximum absolute atomic E-state index is 13.8. The van der Waals surface area contributed by atoms with Crippen LogP contribution in [0.4, 0.5) is 4.39 Å². The maximum Gasteiger partial charge on any atom is 0.248 e. The number of carbonyl (C=O) groups excluding carboxylic acids is 1. The van der Waals surface area contributed by atoms with Gasteiger partial charge in [0.05, 0.1) is 7.11 Å². The van der Waals surface area contributed by atoms with Gasteiger partial charge in [-0.3, -0.25) is 4.79 Å². The Morgan fingerprint density at radius 1 is 1.17 bits per heavy atom. The van der Waals surface area contributed by atoms with Crippen molar-refractivity contribution in [3.63, 3.8) is 0 Å². The number of nitrogens with two attached hydrogens (primary N) is 1. The summed E-state index contributed by atoms with van der Waals surface area (Å²) in [5.41, 5.74) is 10.3. The first kappa shape index (κ1) is 21.4. The van der Waals surface area contributed by atoms with Crippen molar-refractivity contribution in [2.24, 2.45) is 5.73 Å². The topological polar surface area (TPSA) is 64.3 Å². The zero-order valence-electron chi connectivity index (χ0n) is 17.8. The number of amides is 1. The summed E-state index contributed by atoms with van der Waals surface area (Å²) >= 11 is 0. The van der Waals surface area contributed by atoms with Crippen LogP contribution in [0.3, 0.4) is 0 Å². The van der Waals surface area contributed by atoms with Crippen LogP contribution in [0, 0.1) is 0 Å². The molecule has 0 saturated carbocycles. The van der Waals surface area contributed by atoms with Gasteiger partial charge in [0.1, 0.15) is 11.6 Å². The zero-order chi connectivity index (χ0) is 21.9. The third-order valence-corrected chi connectivity index (χ3v) is 5.00. The van der Waals surface area contributed by atoms with E-state index in [1.165, 1.54) is 6.20 Å². The van der Waals surface area contributed by atoms with E-state index in [2.05, 4.69) is 32.2 Å². The second-order valence-corrected chi connectivity index (χ2v) is 8.30. The number of primary amides is 1. The Kier molecular flexibility index (Phi) is 6.11. The number of halogens is 1. The molecule has 5 heteroatoms. The minimum atomic E-state index is -0.453. The standard InChI is InChI=1S/C25H27FN2O2/c1-25(2,3)22-13-19(20-12-21(26)15-28-14-20)11-18(23(22)30-4)10-7-16-5-8-17(9-6-16)24(27)29/h5-13,15,28H,14H2,1-4H3,(H2,27,29). The number of dihydropyridines is 1. The fourth-order valence-electron chi connectivity index (χ4n) is 3.39. The van der Waals surface area contributed by atoms with Crippen LogP contribution in [0.15, 0.2) is 54.5 Å². The van der Waals surface area contributed by atoms with Crippen molar-refractivity contribution in [3.05, 3.63) is 82.3 Å². The number of nitrogens with one attached hydrogen (secondary N) is 1. The third kappa shape index (κ3) is 4.79. The number of hydrogen-bond acceptors (Lipinski definition) is 3. The van der Waals surface area contributed by atoms with Crippen molar-refractivity contribution in [2.45, 2.75) is 26.2 Å². The smallest absolute Gasteiger partial charge is 0.248 e. The second kappa shape index (κ2) is 8.57. The van der Waals surface area contributed by atoms with Crippen LogP contribution in [0.25, 0.3) is 17.7 Å². The van der Waals surface area contributed by atoms with E-state index < -0.39 is 5.91 Å². The molecular weight excluding hydrogens is 379 g/mol. The van der Waals surface area contributed by atoms with E-state index in [0.29, 0.717) is 12.1 Å². The summed E-state index contributed by atoms with van der Waals surface area (Å²) in [4.78, 5) is 11.3. The highest BCUT2D eigenvalue weighted by atomic mass is 19.1. The Balaban J connectivity index is 2.08. The first-order valence-electron chi connectivity index (χ1n) is 9.79. The van der Waals surface area contributed by atoms with Gasteiger partial charge in [0, 0.05) is 29.4 Å². The number of carbonyl (C=O) groups is 1. The van der Waals surface area contributed by atoms with Gasteiger partial charge in [-0.15, -0.1) is 0 Å². The lowest BCUT2D eigenvalue weighted by molar-refractivity contribution is 0.100. The molecule has 0 unspecified atom stereocenters. The van der Waals surface area contributed by atoms with Gasteiger partial charge in [0.25, 0.3) is 0 Å². The van der Waals surface area contributed by atoms with E-state index in [-0.39, 0.29) is 11.2 Å². The van der Waals surface area contributed by atoms with E-state index in [4.69, 9.17) is 10.5 Å². The molecule has 3 rings (SSSR count). The Morgan fingerprint density at radius 2 is 1.87 bits per heavy atom. The molecule has 0 atom stereocenters. The van der Waals surface area contributed by atoms with Gasteiger partial charge in [0.2, 0.25) is 5.91 Å². The molecule has 1 aliphatic heterocycles. The van der Waals surface area contributed by atoms with Gasteiger partial charge in [-0.2, -0.15) is 0 Å². The van der Waals surface area contributed by atoms with E-state index in [0.717, 1.165) is 33.6 Å². The number of hydrogen-bond donors (Lipinski definition) is 2. The van der Waals surface area contributed by atoms with Crippen LogP contribution >= 0.6 is 0 Å². The van der Waals surface area contributed by atoms with Gasteiger partial charge in [-0.1, -0.05) is 45.1 Å². The average molecular weight is 407 g/mol. The maximum atomic E-state index is 13.8. The van der Waals surface area contributed by atoms with Gasteiger partial charge in [0.15, 0.2) is 0 Å². The minimum absolute atomic E-state index is 0.163. The average Bonchev–Trinajstić information content (AvgIpc) is 2.71. The monoisotopic (exact) mass is 406 g/mol. The molecule has 0 bridgehead atoms. The molecular formula is C25H27FN2O2. The first-order chi connectivity index (χ1) is 14.2. The highest BCUT2D eigenvalue weighted by Gasteiger charge is 2.23. The van der Waals surface area contributed by atoms with Crippen molar-refractivity contribution in [3.8, 4) is 5.75 Å². The summed E-state index contributed by atoms with van der Waals surface area (Å²) < 4.78 is 19.6. The Morgan fingerprint density at radius 3 is 2.43 bits per heavy atom. The van der Waals surface area contributed by atoms with Crippen LogP contribution < -0.4 is 15.8 Å². The van der Waals surface area contributed by atoms with Crippen LogP contribution in [0.1, 0.15) is 53.4 Å². The number of methoxy groups -OCH3 is 1. The molecule has 0 aromatic heterocycles. The molecule has 1 amide bonds. The van der Waals surface area contributed by atoms with Crippen molar-refractivity contribution < 1.29 is 13.9 Å². The predicted molar refractivity (Wildman–Crippen MR) is 121 cm³/mol. The largest absolute Gasteiger partial charge is 0.496 e. The summed E-state index contributed by atoms with van der Waals surface area (Å²) in [7, 11) is 1.66. The number of benzene rings is 2. The summed E-state index contributed by atoms with van der Waals surface area (Å²) in [5, 5.41) is 2.97. The van der Waals surface area contributed by atoms with Gasteiger partial charge < -0.3 is 15.8 Å². The Labute approximate surface area is 176 Å². The summed E-state index contributed by atoms with van der Waals surface area (Å²) in [5.74, 6) is 0.0398. The minimum Gasteiger partial charge on any atom is -0.496 e. The Hall–Kier alpha value is -3.34. The summed E-state index contributed by atoms with van der Waals surface area (Å²) in [6.45, 7) is 6.93. The molecule has 4 nitrogen and oxygen atoms in total. The van der Waals surface area contributed by atoms with Crippen LogP contribution in [-0.2, 0) is 5.41 Å². The second-order valence-electron chi connectivity index (χ2n) is 8.30. The summed E-state index contributed by atoms with van der Waals surface area (Å²) in [6, 6.07) is 11.2.